The van der Waals surface area contributed by atoms with Gasteiger partial charge in [-0.15, -0.1) is 5.11 Å². The number of carbonyl (C=O) groups excluding carboxylic acids is 1. The molecular formula is C8H6ClFN4O. The Balaban J connectivity index is 2.33. The molecule has 5 nitrogen and oxygen atoms in total. The number of aldehydes is 1. The normalized spacial score (nSPS) is 19.1. The van der Waals surface area contributed by atoms with Gasteiger partial charge in [0.25, 0.3) is 0 Å². The molecule has 78 valence electrons. The van der Waals surface area contributed by atoms with Gasteiger partial charge in [-0.1, -0.05) is 16.8 Å². The minimum Gasteiger partial charge on any atom is -0.299 e. The van der Waals surface area contributed by atoms with Crippen molar-refractivity contribution in [3.63, 3.8) is 0 Å². The van der Waals surface area contributed by atoms with Crippen LogP contribution >= 0.6 is 11.6 Å². The van der Waals surface area contributed by atoms with E-state index in [2.05, 4.69) is 15.9 Å². The summed E-state index contributed by atoms with van der Waals surface area (Å²) in [5.74, 6) is -0.547. The van der Waals surface area contributed by atoms with E-state index in [1.165, 1.54) is 17.1 Å². The fraction of sp³-hybridized carbons (Fsp3) is 0.125. The Kier molecular flexibility index (Phi) is 2.51. The zero-order valence-electron chi connectivity index (χ0n) is 7.39. The molecule has 0 saturated heterocycles. The summed E-state index contributed by atoms with van der Waals surface area (Å²) in [7, 11) is 0. The van der Waals surface area contributed by atoms with Gasteiger partial charge in [-0.3, -0.25) is 4.79 Å². The highest BCUT2D eigenvalue weighted by Gasteiger charge is 2.24. The first-order valence-electron chi connectivity index (χ1n) is 4.07. The van der Waals surface area contributed by atoms with Crippen LogP contribution in [0, 0.1) is 5.82 Å². The number of hydrazine groups is 1. The number of benzene rings is 1. The Bertz CT molecular complexity index is 425. The molecule has 0 spiro atoms. The maximum atomic E-state index is 13.4. The molecular weight excluding hydrogens is 223 g/mol. The first-order chi connectivity index (χ1) is 7.22. The predicted octanol–water partition coefficient (Wildman–Crippen LogP) is 1.70. The molecule has 1 N–H and O–H groups in total. The lowest BCUT2D eigenvalue weighted by Crippen LogP contribution is -2.38. The average Bonchev–Trinajstić information content (AvgIpc) is 2.65. The molecule has 1 atom stereocenters. The maximum absolute atomic E-state index is 13.4. The van der Waals surface area contributed by atoms with Crippen LogP contribution in [0.1, 0.15) is 0 Å². The molecule has 0 aromatic heterocycles. The van der Waals surface area contributed by atoms with Gasteiger partial charge in [0.2, 0.25) is 6.17 Å². The van der Waals surface area contributed by atoms with Crippen molar-refractivity contribution in [1.82, 2.24) is 5.53 Å². The van der Waals surface area contributed by atoms with Gasteiger partial charge in [-0.25, -0.2) is 9.40 Å². The van der Waals surface area contributed by atoms with Crippen molar-refractivity contribution in [3.05, 3.63) is 29.0 Å². The lowest BCUT2D eigenvalue weighted by Gasteiger charge is -2.19. The van der Waals surface area contributed by atoms with Crippen LogP contribution in [0.3, 0.4) is 0 Å². The van der Waals surface area contributed by atoms with Gasteiger partial charge < -0.3 is 0 Å². The minimum absolute atomic E-state index is 0.168. The zero-order valence-corrected chi connectivity index (χ0v) is 8.15. The number of hydrogen-bond acceptors (Lipinski definition) is 5. The van der Waals surface area contributed by atoms with Gasteiger partial charge in [0.15, 0.2) is 6.29 Å². The monoisotopic (exact) mass is 228 g/mol. The van der Waals surface area contributed by atoms with Gasteiger partial charge in [0, 0.05) is 5.02 Å². The quantitative estimate of drug-likeness (QED) is 0.784. The summed E-state index contributed by atoms with van der Waals surface area (Å²) in [6.07, 6.45) is -0.293. The second-order valence-corrected chi connectivity index (χ2v) is 3.27. The second-order valence-electron chi connectivity index (χ2n) is 2.83. The largest absolute Gasteiger partial charge is 0.299 e. The summed E-state index contributed by atoms with van der Waals surface area (Å²) in [5, 5.41) is 8.47. The fourth-order valence-corrected chi connectivity index (χ4v) is 1.36. The second kappa shape index (κ2) is 3.82. The van der Waals surface area contributed by atoms with Gasteiger partial charge in [0.05, 0.1) is 5.69 Å². The van der Waals surface area contributed by atoms with Gasteiger partial charge >= 0.3 is 0 Å². The minimum atomic E-state index is -0.847. The number of hydrogen-bond donors (Lipinski definition) is 1. The van der Waals surface area contributed by atoms with Crippen molar-refractivity contribution in [2.75, 3.05) is 5.01 Å². The predicted molar refractivity (Wildman–Crippen MR) is 51.7 cm³/mol. The number of halogens is 2. The Labute approximate surface area is 89.5 Å². The molecule has 0 saturated carbocycles. The van der Waals surface area contributed by atoms with Crippen molar-refractivity contribution < 1.29 is 9.18 Å². The average molecular weight is 229 g/mol. The smallest absolute Gasteiger partial charge is 0.219 e. The van der Waals surface area contributed by atoms with E-state index in [1.54, 1.807) is 0 Å². The molecule has 0 radical (unpaired) electrons. The highest BCUT2D eigenvalue weighted by atomic mass is 35.5. The lowest BCUT2D eigenvalue weighted by atomic mass is 10.3. The molecule has 1 aliphatic heterocycles. The van der Waals surface area contributed by atoms with E-state index >= 15 is 0 Å². The van der Waals surface area contributed by atoms with Crippen LogP contribution < -0.4 is 10.5 Å². The summed E-state index contributed by atoms with van der Waals surface area (Å²) in [4.78, 5) is 10.6. The highest BCUT2D eigenvalue weighted by molar-refractivity contribution is 6.30. The zero-order chi connectivity index (χ0) is 10.8. The Morgan fingerprint density at radius 3 is 3.07 bits per heavy atom. The topological polar surface area (TPSA) is 57.1 Å². The van der Waals surface area contributed by atoms with Gasteiger partial charge in [-0.2, -0.15) is 5.53 Å². The van der Waals surface area contributed by atoms with E-state index in [-0.39, 0.29) is 10.7 Å². The lowest BCUT2D eigenvalue weighted by molar-refractivity contribution is -0.108. The molecule has 0 amide bonds. The third-order valence-corrected chi connectivity index (χ3v) is 2.12. The van der Waals surface area contributed by atoms with Crippen LogP contribution in [0.25, 0.3) is 0 Å². The molecule has 1 aliphatic rings. The Morgan fingerprint density at radius 1 is 1.60 bits per heavy atom. The van der Waals surface area contributed by atoms with Crippen molar-refractivity contribution in [3.8, 4) is 0 Å². The van der Waals surface area contributed by atoms with E-state index in [0.717, 1.165) is 6.07 Å². The standard InChI is InChI=1S/C8H6ClFN4O/c9-5-1-2-7(6(10)3-5)14-8(4-15)11-12-13-14/h1-4,8H,(H,11,13). The van der Waals surface area contributed by atoms with Crippen LogP contribution in [0.5, 0.6) is 0 Å². The Morgan fingerprint density at radius 2 is 2.40 bits per heavy atom. The molecule has 0 aliphatic carbocycles. The van der Waals surface area contributed by atoms with E-state index in [9.17, 15) is 9.18 Å². The summed E-state index contributed by atoms with van der Waals surface area (Å²) < 4.78 is 13.4. The van der Waals surface area contributed by atoms with E-state index in [0.29, 0.717) is 6.29 Å². The van der Waals surface area contributed by atoms with Crippen molar-refractivity contribution >= 4 is 23.6 Å². The van der Waals surface area contributed by atoms with Crippen LogP contribution in [0.15, 0.2) is 28.5 Å². The van der Waals surface area contributed by atoms with Crippen molar-refractivity contribution in [2.24, 2.45) is 10.3 Å². The van der Waals surface area contributed by atoms with E-state index in [4.69, 9.17) is 11.6 Å². The summed E-state index contributed by atoms with van der Waals surface area (Å²) in [5.41, 5.74) is 2.58. The first-order valence-corrected chi connectivity index (χ1v) is 4.45. The number of rotatable bonds is 2. The Hall–Kier alpha value is -1.69. The first kappa shape index (κ1) is 9.85. The third kappa shape index (κ3) is 1.75. The van der Waals surface area contributed by atoms with Crippen LogP contribution in [0.4, 0.5) is 10.1 Å². The summed E-state index contributed by atoms with van der Waals surface area (Å²) in [6.45, 7) is 0. The molecule has 0 bridgehead atoms. The van der Waals surface area contributed by atoms with Crippen molar-refractivity contribution in [2.45, 2.75) is 6.17 Å². The number of anilines is 1. The number of nitrogens with one attached hydrogen (secondary N) is 1. The fourth-order valence-electron chi connectivity index (χ4n) is 1.21. The van der Waals surface area contributed by atoms with Crippen LogP contribution in [-0.2, 0) is 4.79 Å². The maximum Gasteiger partial charge on any atom is 0.219 e. The summed E-state index contributed by atoms with van der Waals surface area (Å²) in [6, 6.07) is 4.11. The molecule has 15 heavy (non-hydrogen) atoms. The molecule has 1 unspecified atom stereocenters. The van der Waals surface area contributed by atoms with Crippen LogP contribution in [0.2, 0.25) is 5.02 Å². The molecule has 0 fully saturated rings. The third-order valence-electron chi connectivity index (χ3n) is 1.88. The number of nitrogens with zero attached hydrogens (tertiary/aromatic N) is 3. The molecule has 7 heteroatoms. The molecule has 2 rings (SSSR count). The highest BCUT2D eigenvalue weighted by Crippen LogP contribution is 2.24. The van der Waals surface area contributed by atoms with Crippen molar-refractivity contribution in [1.29, 1.82) is 0 Å². The van der Waals surface area contributed by atoms with E-state index < -0.39 is 12.0 Å². The van der Waals surface area contributed by atoms with Crippen LogP contribution in [-0.4, -0.2) is 12.5 Å². The SMILES string of the molecule is O=CC1N=NNN1c1ccc(Cl)cc1F. The molecule has 1 aromatic carbocycles. The number of carbonyl (C=O) groups is 1. The van der Waals surface area contributed by atoms with E-state index in [1.807, 2.05) is 0 Å². The molecule has 1 heterocycles. The summed E-state index contributed by atoms with van der Waals surface area (Å²) >= 11 is 5.60. The van der Waals surface area contributed by atoms with Gasteiger partial charge in [0.1, 0.15) is 5.82 Å². The van der Waals surface area contributed by atoms with Gasteiger partial charge in [-0.05, 0) is 18.2 Å². The molecule has 1 aromatic rings.